The van der Waals surface area contributed by atoms with E-state index in [1.807, 2.05) is 0 Å². The van der Waals surface area contributed by atoms with Crippen LogP contribution in [0, 0.1) is 5.82 Å². The van der Waals surface area contributed by atoms with Crippen LogP contribution in [0.1, 0.15) is 25.7 Å². The molecule has 0 radical (unpaired) electrons. The van der Waals surface area contributed by atoms with Gasteiger partial charge in [0.2, 0.25) is 10.0 Å². The van der Waals surface area contributed by atoms with Gasteiger partial charge in [-0.15, -0.1) is 0 Å². The van der Waals surface area contributed by atoms with Gasteiger partial charge in [0.15, 0.2) is 0 Å². The summed E-state index contributed by atoms with van der Waals surface area (Å²) in [5, 5.41) is 5.51. The third-order valence-corrected chi connectivity index (χ3v) is 7.28. The normalized spacial score (nSPS) is 17.2. The van der Waals surface area contributed by atoms with Crippen LogP contribution in [0.2, 0.25) is 5.02 Å². The first kappa shape index (κ1) is 23.2. The van der Waals surface area contributed by atoms with Crippen LogP contribution in [0.3, 0.4) is 0 Å². The summed E-state index contributed by atoms with van der Waals surface area (Å²) < 4.78 is 40.5. The van der Waals surface area contributed by atoms with Crippen molar-refractivity contribution in [3.8, 4) is 0 Å². The fourth-order valence-electron chi connectivity index (χ4n) is 3.47. The summed E-state index contributed by atoms with van der Waals surface area (Å²) in [7, 11) is -3.78. The number of carbonyl (C=O) groups is 2. The zero-order valence-electron chi connectivity index (χ0n) is 16.7. The smallest absolute Gasteiger partial charge is 0.313 e. The Labute approximate surface area is 185 Å². The second-order valence-corrected chi connectivity index (χ2v) is 9.55. The molecule has 166 valence electrons. The highest BCUT2D eigenvalue weighted by Gasteiger charge is 2.33. The Kier molecular flexibility index (Phi) is 7.64. The monoisotopic (exact) mass is 467 g/mol. The Morgan fingerprint density at radius 3 is 2.39 bits per heavy atom. The van der Waals surface area contributed by atoms with Crippen LogP contribution in [0.15, 0.2) is 53.4 Å². The quantitative estimate of drug-likeness (QED) is 0.638. The van der Waals surface area contributed by atoms with Gasteiger partial charge in [-0.05, 0) is 67.8 Å². The van der Waals surface area contributed by atoms with Crippen molar-refractivity contribution in [2.45, 2.75) is 36.6 Å². The minimum absolute atomic E-state index is 0.0344. The third-order valence-electron chi connectivity index (χ3n) is 5.06. The number of halogens is 2. The number of hydrogen-bond donors (Lipinski definition) is 2. The summed E-state index contributed by atoms with van der Waals surface area (Å²) in [4.78, 5) is 24.1. The highest BCUT2D eigenvalue weighted by atomic mass is 35.5. The number of amides is 2. The van der Waals surface area contributed by atoms with Gasteiger partial charge in [0.05, 0.1) is 4.90 Å². The van der Waals surface area contributed by atoms with E-state index in [4.69, 9.17) is 11.6 Å². The summed E-state index contributed by atoms with van der Waals surface area (Å²) in [6, 6.07) is 10.8. The van der Waals surface area contributed by atoms with E-state index in [0.717, 1.165) is 25.0 Å². The van der Waals surface area contributed by atoms with Crippen molar-refractivity contribution in [2.75, 3.05) is 18.4 Å². The molecule has 0 bridgehead atoms. The first-order valence-corrected chi connectivity index (χ1v) is 11.7. The van der Waals surface area contributed by atoms with Crippen LogP contribution in [-0.4, -0.2) is 43.7 Å². The lowest BCUT2D eigenvalue weighted by molar-refractivity contribution is -0.136. The van der Waals surface area contributed by atoms with Gasteiger partial charge < -0.3 is 10.6 Å². The molecule has 0 unspecified atom stereocenters. The molecule has 7 nitrogen and oxygen atoms in total. The Bertz CT molecular complexity index is 1030. The van der Waals surface area contributed by atoms with Crippen molar-refractivity contribution in [3.63, 3.8) is 0 Å². The highest BCUT2D eigenvalue weighted by molar-refractivity contribution is 7.89. The lowest BCUT2D eigenvalue weighted by atomic mass is 10.0. The van der Waals surface area contributed by atoms with Crippen LogP contribution >= 0.6 is 11.6 Å². The molecule has 0 saturated carbocycles. The van der Waals surface area contributed by atoms with Gasteiger partial charge in [-0.2, -0.15) is 4.31 Å². The van der Waals surface area contributed by atoms with Gasteiger partial charge in [0.1, 0.15) is 5.82 Å². The van der Waals surface area contributed by atoms with E-state index in [1.54, 1.807) is 24.3 Å². The number of piperidine rings is 1. The second kappa shape index (κ2) is 10.2. The summed E-state index contributed by atoms with van der Waals surface area (Å²) in [5.41, 5.74) is 0.438. The lowest BCUT2D eigenvalue weighted by Crippen LogP contribution is -2.45. The van der Waals surface area contributed by atoms with Crippen LogP contribution in [-0.2, 0) is 19.6 Å². The number of anilines is 1. The first-order valence-electron chi connectivity index (χ1n) is 9.89. The number of benzene rings is 2. The highest BCUT2D eigenvalue weighted by Crippen LogP contribution is 2.27. The molecule has 2 aromatic rings. The Morgan fingerprint density at radius 2 is 1.71 bits per heavy atom. The molecule has 0 spiro atoms. The molecule has 1 heterocycles. The summed E-state index contributed by atoms with van der Waals surface area (Å²) in [5.74, 6) is -2.13. The molecule has 2 aromatic carbocycles. The zero-order chi connectivity index (χ0) is 22.4. The van der Waals surface area contributed by atoms with E-state index >= 15 is 0 Å². The van der Waals surface area contributed by atoms with E-state index < -0.39 is 27.7 Å². The topological polar surface area (TPSA) is 95.6 Å². The number of nitrogens with one attached hydrogen (secondary N) is 2. The van der Waals surface area contributed by atoms with Crippen LogP contribution < -0.4 is 10.6 Å². The first-order chi connectivity index (χ1) is 14.8. The lowest BCUT2D eigenvalue weighted by Gasteiger charge is -2.34. The maximum Gasteiger partial charge on any atom is 0.313 e. The predicted octanol–water partition coefficient (Wildman–Crippen LogP) is 3.17. The van der Waals surface area contributed by atoms with Gasteiger partial charge in [0, 0.05) is 29.8 Å². The predicted molar refractivity (Wildman–Crippen MR) is 116 cm³/mol. The van der Waals surface area contributed by atoms with Gasteiger partial charge in [-0.25, -0.2) is 12.8 Å². The molecule has 31 heavy (non-hydrogen) atoms. The van der Waals surface area contributed by atoms with Gasteiger partial charge in [0.25, 0.3) is 0 Å². The van der Waals surface area contributed by atoms with Gasteiger partial charge >= 0.3 is 11.8 Å². The fraction of sp³-hybridized carbons (Fsp3) is 0.333. The molecule has 0 aromatic heterocycles. The van der Waals surface area contributed by atoms with Crippen molar-refractivity contribution >= 4 is 39.1 Å². The number of hydrogen-bond acceptors (Lipinski definition) is 4. The minimum atomic E-state index is -3.78. The van der Waals surface area contributed by atoms with E-state index in [0.29, 0.717) is 30.1 Å². The summed E-state index contributed by atoms with van der Waals surface area (Å²) >= 11 is 5.79. The second-order valence-electron chi connectivity index (χ2n) is 7.22. The van der Waals surface area contributed by atoms with Crippen molar-refractivity contribution < 1.29 is 22.4 Å². The van der Waals surface area contributed by atoms with E-state index in [2.05, 4.69) is 10.6 Å². The molecule has 1 saturated heterocycles. The van der Waals surface area contributed by atoms with Crippen molar-refractivity contribution in [3.05, 3.63) is 59.4 Å². The largest absolute Gasteiger partial charge is 0.348 e. The molecular formula is C21H23ClFN3O4S. The van der Waals surface area contributed by atoms with Crippen molar-refractivity contribution in [1.29, 1.82) is 0 Å². The minimum Gasteiger partial charge on any atom is -0.348 e. The standard InChI is InChI=1S/C21H23ClFN3O4S/c22-15-4-8-17(9-5-15)25-21(28)20(27)24-13-12-18-3-1-2-14-26(18)31(29,30)19-10-6-16(23)7-11-19/h4-11,18H,1-3,12-14H2,(H,24,27)(H,25,28)/t18-/m1/s1. The Balaban J connectivity index is 1.56. The molecule has 1 fully saturated rings. The third kappa shape index (κ3) is 6.03. The van der Waals surface area contributed by atoms with Crippen LogP contribution in [0.5, 0.6) is 0 Å². The number of sulfonamides is 1. The van der Waals surface area contributed by atoms with Crippen LogP contribution in [0.4, 0.5) is 10.1 Å². The number of rotatable bonds is 6. The fourth-order valence-corrected chi connectivity index (χ4v) is 5.32. The zero-order valence-corrected chi connectivity index (χ0v) is 18.3. The summed E-state index contributed by atoms with van der Waals surface area (Å²) in [6.07, 6.45) is 2.60. The molecule has 1 aliphatic rings. The Morgan fingerprint density at radius 1 is 1.03 bits per heavy atom. The average Bonchev–Trinajstić information content (AvgIpc) is 2.76. The molecule has 2 N–H and O–H groups in total. The molecule has 1 atom stereocenters. The van der Waals surface area contributed by atoms with Gasteiger partial charge in [-0.3, -0.25) is 9.59 Å². The van der Waals surface area contributed by atoms with E-state index in [-0.39, 0.29) is 17.5 Å². The molecule has 1 aliphatic heterocycles. The Hall–Kier alpha value is -2.49. The molecule has 2 amide bonds. The molecule has 3 rings (SSSR count). The van der Waals surface area contributed by atoms with Crippen LogP contribution in [0.25, 0.3) is 0 Å². The average molecular weight is 468 g/mol. The van der Waals surface area contributed by atoms with E-state index in [1.165, 1.54) is 16.4 Å². The van der Waals surface area contributed by atoms with Crippen molar-refractivity contribution in [2.24, 2.45) is 0 Å². The maximum atomic E-state index is 13.2. The molecule has 0 aliphatic carbocycles. The van der Waals surface area contributed by atoms with Gasteiger partial charge in [-0.1, -0.05) is 18.0 Å². The number of carbonyl (C=O) groups excluding carboxylic acids is 2. The molecule has 10 heteroatoms. The SMILES string of the molecule is O=C(NCC[C@H]1CCCCN1S(=O)(=O)c1ccc(F)cc1)C(=O)Nc1ccc(Cl)cc1. The summed E-state index contributed by atoms with van der Waals surface area (Å²) in [6.45, 7) is 0.502. The van der Waals surface area contributed by atoms with Crippen molar-refractivity contribution in [1.82, 2.24) is 9.62 Å². The van der Waals surface area contributed by atoms with E-state index in [9.17, 15) is 22.4 Å². The maximum absolute atomic E-state index is 13.2. The number of nitrogens with zero attached hydrogens (tertiary/aromatic N) is 1. The molecular weight excluding hydrogens is 445 g/mol.